The predicted molar refractivity (Wildman–Crippen MR) is 157 cm³/mol. The number of carbonyl (C=O) groups excluding carboxylic acids is 3. The summed E-state index contributed by atoms with van der Waals surface area (Å²) in [5, 5.41) is 3.32. The number of amides is 1. The summed E-state index contributed by atoms with van der Waals surface area (Å²) in [5.41, 5.74) is 2.31. The zero-order chi connectivity index (χ0) is 28.3. The molecular weight excluding hydrogens is 536 g/mol. The lowest BCUT2D eigenvalue weighted by atomic mass is 9.62. The Morgan fingerprint density at radius 2 is 1.54 bits per heavy atom. The summed E-state index contributed by atoms with van der Waals surface area (Å²) < 4.78 is 5.57. The zero-order valence-corrected chi connectivity index (χ0v) is 22.8. The van der Waals surface area contributed by atoms with Crippen LogP contribution in [-0.4, -0.2) is 35.5 Å². The standard InChI is InChI=1S/C34H25ClN2O4/c1-41-27-17-9-5-13-23(27)31(39)29-28(30(38)22-12-4-7-15-25(22)35)34(24-14-6-8-16-26(24)36-33(34)40)32-21-11-3-2-10-20(21)18-19-37(29)32/h2-19,28-29,32H,1H3,(H,36,40)/t28-,29+,32+,34-/m1/s1. The molecular formula is C34H25ClN2O4. The highest BCUT2D eigenvalue weighted by Crippen LogP contribution is 2.62. The summed E-state index contributed by atoms with van der Waals surface area (Å²) in [5.74, 6) is -1.70. The number of nitrogens with one attached hydrogen (secondary N) is 1. The van der Waals surface area contributed by atoms with Gasteiger partial charge < -0.3 is 15.0 Å². The topological polar surface area (TPSA) is 75.7 Å². The van der Waals surface area contributed by atoms with Crippen molar-refractivity contribution < 1.29 is 19.1 Å². The van der Waals surface area contributed by atoms with Crippen molar-refractivity contribution in [2.75, 3.05) is 12.4 Å². The second-order valence-corrected chi connectivity index (χ2v) is 10.9. The smallest absolute Gasteiger partial charge is 0.238 e. The lowest BCUT2D eigenvalue weighted by Gasteiger charge is -2.38. The van der Waals surface area contributed by atoms with Crippen LogP contribution >= 0.6 is 11.6 Å². The number of benzene rings is 4. The molecule has 0 aliphatic carbocycles. The molecule has 1 saturated heterocycles. The fourth-order valence-corrected chi connectivity index (χ4v) is 7.23. The molecule has 7 rings (SSSR count). The molecule has 3 heterocycles. The van der Waals surface area contributed by atoms with Crippen molar-refractivity contribution in [3.05, 3.63) is 136 Å². The zero-order valence-electron chi connectivity index (χ0n) is 22.1. The number of hydrogen-bond acceptors (Lipinski definition) is 5. The van der Waals surface area contributed by atoms with E-state index in [1.807, 2.05) is 65.7 Å². The monoisotopic (exact) mass is 560 g/mol. The molecule has 202 valence electrons. The van der Waals surface area contributed by atoms with Crippen LogP contribution in [0.25, 0.3) is 6.08 Å². The number of hydrogen-bond donors (Lipinski definition) is 1. The Morgan fingerprint density at radius 3 is 2.34 bits per heavy atom. The molecule has 0 aromatic heterocycles. The quantitative estimate of drug-likeness (QED) is 0.289. The Bertz CT molecular complexity index is 1780. The van der Waals surface area contributed by atoms with Gasteiger partial charge in [0.2, 0.25) is 5.91 Å². The third-order valence-electron chi connectivity index (χ3n) is 8.63. The van der Waals surface area contributed by atoms with Crippen molar-refractivity contribution in [3.63, 3.8) is 0 Å². The number of ketones is 2. The first-order chi connectivity index (χ1) is 20.0. The van der Waals surface area contributed by atoms with Crippen molar-refractivity contribution in [2.45, 2.75) is 17.5 Å². The molecule has 0 bridgehead atoms. The molecule has 4 aromatic carbocycles. The SMILES string of the molecule is COc1ccccc1C(=O)[C@@H]1[C@H](C(=O)c2ccccc2Cl)[C@@]2(C(=O)Nc3ccccc32)[C@@H]2c3ccccc3C=CN12. The molecule has 4 aromatic rings. The number of rotatable bonds is 5. The molecule has 4 atom stereocenters. The van der Waals surface area contributed by atoms with Gasteiger partial charge in [-0.05, 0) is 53.1 Å². The van der Waals surface area contributed by atoms with Crippen LogP contribution in [0.4, 0.5) is 5.69 Å². The van der Waals surface area contributed by atoms with Gasteiger partial charge in [-0.2, -0.15) is 0 Å². The number of carbonyl (C=O) groups is 3. The molecule has 7 heteroatoms. The van der Waals surface area contributed by atoms with E-state index in [1.165, 1.54) is 7.11 Å². The van der Waals surface area contributed by atoms with Crippen LogP contribution in [0.15, 0.2) is 103 Å². The molecule has 1 fully saturated rings. The number of methoxy groups -OCH3 is 1. The lowest BCUT2D eigenvalue weighted by molar-refractivity contribution is -0.122. The summed E-state index contributed by atoms with van der Waals surface area (Å²) in [7, 11) is 1.51. The highest BCUT2D eigenvalue weighted by Gasteiger charge is 2.71. The normalized spacial score (nSPS) is 23.5. The van der Waals surface area contributed by atoms with Gasteiger partial charge >= 0.3 is 0 Å². The largest absolute Gasteiger partial charge is 0.496 e. The van der Waals surface area contributed by atoms with Gasteiger partial charge in [-0.25, -0.2) is 0 Å². The third kappa shape index (κ3) is 3.47. The van der Waals surface area contributed by atoms with Gasteiger partial charge in [0, 0.05) is 17.5 Å². The molecule has 3 aliphatic rings. The molecule has 41 heavy (non-hydrogen) atoms. The fraction of sp³-hybridized carbons (Fsp3) is 0.147. The number of anilines is 1. The van der Waals surface area contributed by atoms with E-state index in [0.717, 1.165) is 11.1 Å². The van der Waals surface area contributed by atoms with Gasteiger partial charge in [0.05, 0.1) is 29.7 Å². The summed E-state index contributed by atoms with van der Waals surface area (Å²) in [4.78, 5) is 45.9. The van der Waals surface area contributed by atoms with Crippen molar-refractivity contribution >= 4 is 40.8 Å². The molecule has 6 nitrogen and oxygen atoms in total. The number of nitrogens with zero attached hydrogens (tertiary/aromatic N) is 1. The molecule has 1 amide bonds. The highest BCUT2D eigenvalue weighted by atomic mass is 35.5. The predicted octanol–water partition coefficient (Wildman–Crippen LogP) is 6.33. The van der Waals surface area contributed by atoms with Crippen LogP contribution in [0.3, 0.4) is 0 Å². The van der Waals surface area contributed by atoms with Gasteiger partial charge in [0.25, 0.3) is 0 Å². The number of fused-ring (bicyclic) bond motifs is 6. The molecule has 3 aliphatic heterocycles. The molecule has 0 unspecified atom stereocenters. The van der Waals surface area contributed by atoms with Gasteiger partial charge in [0.15, 0.2) is 11.6 Å². The summed E-state index contributed by atoms with van der Waals surface area (Å²) in [6, 6.07) is 27.4. The van der Waals surface area contributed by atoms with E-state index in [9.17, 15) is 14.4 Å². The van der Waals surface area contributed by atoms with Crippen molar-refractivity contribution in [3.8, 4) is 5.75 Å². The molecule has 1 spiro atoms. The molecule has 0 saturated carbocycles. The van der Waals surface area contributed by atoms with E-state index in [4.69, 9.17) is 16.3 Å². The van der Waals surface area contributed by atoms with Gasteiger partial charge in [-0.15, -0.1) is 0 Å². The summed E-state index contributed by atoms with van der Waals surface area (Å²) >= 11 is 6.60. The molecule has 0 radical (unpaired) electrons. The number of ether oxygens (including phenoxy) is 1. The third-order valence-corrected chi connectivity index (χ3v) is 8.96. The van der Waals surface area contributed by atoms with E-state index in [0.29, 0.717) is 22.6 Å². The summed E-state index contributed by atoms with van der Waals surface area (Å²) in [6.07, 6.45) is 3.78. The van der Waals surface area contributed by atoms with Crippen molar-refractivity contribution in [1.82, 2.24) is 4.90 Å². The Hall–Kier alpha value is -4.68. The second-order valence-electron chi connectivity index (χ2n) is 10.5. The van der Waals surface area contributed by atoms with Gasteiger partial charge in [-0.3, -0.25) is 14.4 Å². The van der Waals surface area contributed by atoms with Crippen LogP contribution in [0.1, 0.15) is 43.4 Å². The van der Waals surface area contributed by atoms with Crippen LogP contribution in [-0.2, 0) is 10.2 Å². The fourth-order valence-electron chi connectivity index (χ4n) is 7.00. The van der Waals surface area contributed by atoms with E-state index in [-0.39, 0.29) is 28.1 Å². The number of Topliss-reactive ketones (excluding diaryl/α,β-unsaturated/α-hetero) is 2. The van der Waals surface area contributed by atoms with E-state index >= 15 is 0 Å². The second kappa shape index (κ2) is 9.46. The maximum absolute atomic E-state index is 14.8. The van der Waals surface area contributed by atoms with Crippen molar-refractivity contribution in [1.29, 1.82) is 0 Å². The van der Waals surface area contributed by atoms with Gasteiger partial charge in [0.1, 0.15) is 17.2 Å². The first-order valence-electron chi connectivity index (χ1n) is 13.4. The van der Waals surface area contributed by atoms with Crippen LogP contribution in [0.2, 0.25) is 5.02 Å². The number of para-hydroxylation sites is 2. The van der Waals surface area contributed by atoms with E-state index in [1.54, 1.807) is 48.5 Å². The highest BCUT2D eigenvalue weighted by molar-refractivity contribution is 6.34. The Balaban J connectivity index is 1.56. The number of halogens is 1. The Kier molecular flexibility index (Phi) is 5.84. The minimum Gasteiger partial charge on any atom is -0.496 e. The first kappa shape index (κ1) is 25.3. The van der Waals surface area contributed by atoms with Crippen LogP contribution < -0.4 is 10.1 Å². The summed E-state index contributed by atoms with van der Waals surface area (Å²) in [6.45, 7) is 0. The van der Waals surface area contributed by atoms with Crippen LogP contribution in [0.5, 0.6) is 5.75 Å². The molecule has 1 N–H and O–H groups in total. The lowest BCUT2D eigenvalue weighted by Crippen LogP contribution is -2.49. The minimum absolute atomic E-state index is 0.267. The van der Waals surface area contributed by atoms with Crippen molar-refractivity contribution in [2.24, 2.45) is 5.92 Å². The van der Waals surface area contributed by atoms with E-state index in [2.05, 4.69) is 5.32 Å². The first-order valence-corrected chi connectivity index (χ1v) is 13.8. The maximum atomic E-state index is 14.8. The Morgan fingerprint density at radius 1 is 0.854 bits per heavy atom. The average Bonchev–Trinajstić information content (AvgIpc) is 3.49. The Labute approximate surface area is 242 Å². The van der Waals surface area contributed by atoms with Crippen LogP contribution in [0, 0.1) is 5.92 Å². The minimum atomic E-state index is -1.42. The van der Waals surface area contributed by atoms with Gasteiger partial charge in [-0.1, -0.05) is 78.3 Å². The average molecular weight is 561 g/mol. The maximum Gasteiger partial charge on any atom is 0.238 e. The van der Waals surface area contributed by atoms with E-state index < -0.39 is 23.4 Å².